The molecule has 2 fully saturated rings. The van der Waals surface area contributed by atoms with Crippen LogP contribution in [0.4, 0.5) is 5.88 Å². The zero-order valence-corrected chi connectivity index (χ0v) is 18.4. The Hall–Kier alpha value is -2.81. The van der Waals surface area contributed by atoms with Crippen LogP contribution in [-0.4, -0.2) is 53.0 Å². The van der Waals surface area contributed by atoms with E-state index in [4.69, 9.17) is 16.7 Å². The number of carbonyl (C=O) groups excluding carboxylic acids is 2. The highest BCUT2D eigenvalue weighted by Crippen LogP contribution is 2.24. The Morgan fingerprint density at radius 2 is 1.81 bits per heavy atom. The summed E-state index contributed by atoms with van der Waals surface area (Å²) in [5, 5.41) is 8.92. The number of nitrogens with one attached hydrogen (secondary N) is 1. The van der Waals surface area contributed by atoms with E-state index >= 15 is 0 Å². The van der Waals surface area contributed by atoms with Crippen LogP contribution in [0.3, 0.4) is 0 Å². The van der Waals surface area contributed by atoms with E-state index in [2.05, 4.69) is 15.5 Å². The number of Topliss-reactive ketones (excluding diaryl/α,β-unsaturated/α-hetero) is 1. The van der Waals surface area contributed by atoms with Crippen LogP contribution < -0.4 is 15.1 Å². The molecule has 2 aromatic rings. The molecule has 164 valence electrons. The lowest BCUT2D eigenvalue weighted by Gasteiger charge is -2.31. The summed E-state index contributed by atoms with van der Waals surface area (Å²) in [7, 11) is 0. The van der Waals surface area contributed by atoms with E-state index < -0.39 is 0 Å². The number of amides is 1. The highest BCUT2D eigenvalue weighted by molar-refractivity contribution is 7.80. The van der Waals surface area contributed by atoms with Gasteiger partial charge in [-0.05, 0) is 12.8 Å². The van der Waals surface area contributed by atoms with E-state index in [1.165, 1.54) is 6.42 Å². The molecule has 9 heteroatoms. The van der Waals surface area contributed by atoms with Crippen LogP contribution in [-0.2, 0) is 4.79 Å². The average molecular weight is 443 g/mol. The van der Waals surface area contributed by atoms with E-state index in [0.717, 1.165) is 25.7 Å². The van der Waals surface area contributed by atoms with Gasteiger partial charge in [-0.25, -0.2) is 0 Å². The van der Waals surface area contributed by atoms with Gasteiger partial charge in [-0.3, -0.25) is 19.4 Å². The van der Waals surface area contributed by atoms with Gasteiger partial charge in [0.1, 0.15) is 0 Å². The van der Waals surface area contributed by atoms with Gasteiger partial charge in [0.25, 0.3) is 6.20 Å². The number of piperazine rings is 1. The van der Waals surface area contributed by atoms with Crippen molar-refractivity contribution in [3.8, 4) is 0 Å². The lowest BCUT2D eigenvalue weighted by Crippen LogP contribution is -2.65. The van der Waals surface area contributed by atoms with Crippen molar-refractivity contribution >= 4 is 34.8 Å². The number of benzene rings is 1. The van der Waals surface area contributed by atoms with Crippen molar-refractivity contribution < 1.29 is 18.9 Å². The zero-order valence-electron chi connectivity index (χ0n) is 17.5. The van der Waals surface area contributed by atoms with Crippen LogP contribution in [0.5, 0.6) is 0 Å². The molecule has 0 radical (unpaired) electrons. The Morgan fingerprint density at radius 1 is 1.10 bits per heavy atom. The van der Waals surface area contributed by atoms with Gasteiger partial charge in [0, 0.05) is 24.6 Å². The summed E-state index contributed by atoms with van der Waals surface area (Å²) in [5.41, 5.74) is 0.685. The van der Waals surface area contributed by atoms with Gasteiger partial charge in [-0.15, -0.1) is 5.01 Å². The van der Waals surface area contributed by atoms with Crippen molar-refractivity contribution in [3.63, 3.8) is 0 Å². The molecule has 1 aromatic carbocycles. The van der Waals surface area contributed by atoms with Crippen molar-refractivity contribution in [2.45, 2.75) is 38.5 Å². The van der Waals surface area contributed by atoms with E-state index in [1.54, 1.807) is 11.0 Å². The van der Waals surface area contributed by atoms with Crippen LogP contribution in [0.2, 0.25) is 0 Å². The second-order valence-electron chi connectivity index (χ2n) is 8.11. The predicted octanol–water partition coefficient (Wildman–Crippen LogP) is 2.33. The fourth-order valence-electron chi connectivity index (χ4n) is 4.14. The molecule has 0 atom stereocenters. The number of rotatable bonds is 6. The molecular formula is C22H28N5O3S+. The lowest BCUT2D eigenvalue weighted by molar-refractivity contribution is -0.759. The smallest absolute Gasteiger partial charge is 0.305 e. The van der Waals surface area contributed by atoms with Gasteiger partial charge in [-0.2, -0.15) is 0 Å². The van der Waals surface area contributed by atoms with Crippen molar-refractivity contribution in [1.82, 2.24) is 10.2 Å². The number of ketones is 1. The minimum Gasteiger partial charge on any atom is -0.362 e. The first-order valence-electron chi connectivity index (χ1n) is 10.9. The van der Waals surface area contributed by atoms with Crippen LogP contribution in [0.1, 0.15) is 48.9 Å². The van der Waals surface area contributed by atoms with E-state index in [9.17, 15) is 9.59 Å². The number of carbonyl (C=O) groups is 2. The summed E-state index contributed by atoms with van der Waals surface area (Å²) in [6.07, 6.45) is 7.25. The molecule has 1 amide bonds. The Labute approximate surface area is 187 Å². The third-order valence-corrected chi connectivity index (χ3v) is 6.39. The molecule has 1 aliphatic heterocycles. The minimum atomic E-state index is 0.0150. The standard InChI is InChI=1S/C22H27N5O3S/c28-19(17-7-3-1-4-8-17)15-21(31)25-11-13-26(14-12-25)27-16-20(30-24-27)23-22(29)18-9-5-2-6-10-18/h1,3-4,7-8,16,18H,2,5-6,9-15H2/p+1. The molecular weight excluding hydrogens is 414 g/mol. The Balaban J connectivity index is 1.25. The predicted molar refractivity (Wildman–Crippen MR) is 119 cm³/mol. The monoisotopic (exact) mass is 442 g/mol. The van der Waals surface area contributed by atoms with Crippen LogP contribution in [0.15, 0.2) is 41.1 Å². The zero-order chi connectivity index (χ0) is 21.6. The maximum Gasteiger partial charge on any atom is 0.305 e. The summed E-state index contributed by atoms with van der Waals surface area (Å²) in [6, 6.07) is 9.23. The molecule has 0 unspecified atom stereocenters. The van der Waals surface area contributed by atoms with Gasteiger partial charge < -0.3 is 4.90 Å². The van der Waals surface area contributed by atoms with Crippen molar-refractivity contribution in [1.29, 1.82) is 0 Å². The Kier molecular flexibility index (Phi) is 6.91. The maximum atomic E-state index is 12.4. The largest absolute Gasteiger partial charge is 0.362 e. The number of aromatic nitrogens is 2. The topological polar surface area (TPSA) is 82.6 Å². The van der Waals surface area contributed by atoms with Gasteiger partial charge in [0.15, 0.2) is 5.78 Å². The summed E-state index contributed by atoms with van der Waals surface area (Å²) < 4.78 is 5.31. The molecule has 8 nitrogen and oxygen atoms in total. The fourth-order valence-corrected chi connectivity index (χ4v) is 4.45. The van der Waals surface area contributed by atoms with Crippen molar-refractivity contribution in [3.05, 3.63) is 42.1 Å². The van der Waals surface area contributed by atoms with Crippen molar-refractivity contribution in [2.24, 2.45) is 5.92 Å². The normalized spacial score (nSPS) is 17.4. The Bertz CT molecular complexity index is 918. The molecule has 1 N–H and O–H groups in total. The molecule has 0 spiro atoms. The fraction of sp³-hybridized carbons (Fsp3) is 0.500. The highest BCUT2D eigenvalue weighted by atomic mass is 32.1. The molecule has 0 bridgehead atoms. The number of nitrogens with zero attached hydrogens (tertiary/aromatic N) is 4. The number of hydrogen-bond acceptors (Lipinski definition) is 6. The molecule has 1 aliphatic carbocycles. The van der Waals surface area contributed by atoms with Gasteiger partial charge in [-0.1, -0.05) is 61.8 Å². The minimum absolute atomic E-state index is 0.0150. The van der Waals surface area contributed by atoms with E-state index in [0.29, 0.717) is 42.6 Å². The number of hydrogen-bond donors (Lipinski definition) is 1. The van der Waals surface area contributed by atoms with E-state index in [-0.39, 0.29) is 24.0 Å². The third kappa shape index (κ3) is 5.46. The lowest BCUT2D eigenvalue weighted by atomic mass is 9.89. The average Bonchev–Trinajstić information content (AvgIpc) is 3.28. The second kappa shape index (κ2) is 10.00. The summed E-state index contributed by atoms with van der Waals surface area (Å²) in [5.74, 6) is 0.482. The molecule has 2 aliphatic rings. The Morgan fingerprint density at radius 3 is 2.52 bits per heavy atom. The summed E-state index contributed by atoms with van der Waals surface area (Å²) in [4.78, 5) is 29.2. The maximum absolute atomic E-state index is 12.4. The quantitative estimate of drug-likeness (QED) is 0.418. The SMILES string of the molecule is O=C(CC(=S)N1CCN([n+]2cc(NC(=O)C3CCCCC3)on2)CC1)c1ccccc1. The third-order valence-electron chi connectivity index (χ3n) is 5.98. The molecule has 31 heavy (non-hydrogen) atoms. The van der Waals surface area contributed by atoms with Gasteiger partial charge in [0.2, 0.25) is 11.2 Å². The van der Waals surface area contributed by atoms with Crippen LogP contribution >= 0.6 is 12.2 Å². The van der Waals surface area contributed by atoms with Crippen molar-refractivity contribution in [2.75, 3.05) is 36.5 Å². The highest BCUT2D eigenvalue weighted by Gasteiger charge is 2.29. The van der Waals surface area contributed by atoms with Gasteiger partial charge in [0.05, 0.1) is 29.3 Å². The molecule has 2 heterocycles. The molecule has 1 saturated carbocycles. The first-order valence-corrected chi connectivity index (χ1v) is 11.3. The van der Waals surface area contributed by atoms with Crippen LogP contribution in [0, 0.1) is 5.92 Å². The van der Waals surface area contributed by atoms with E-state index in [1.807, 2.05) is 35.3 Å². The number of thiocarbonyl (C=S) groups is 1. The second-order valence-corrected chi connectivity index (χ2v) is 8.58. The summed E-state index contributed by atoms with van der Waals surface area (Å²) >= 11 is 5.52. The first kappa shape index (κ1) is 21.4. The number of anilines is 1. The molecule has 1 aromatic heterocycles. The summed E-state index contributed by atoms with van der Waals surface area (Å²) in [6.45, 7) is 2.77. The van der Waals surface area contributed by atoms with Gasteiger partial charge >= 0.3 is 5.88 Å². The first-order chi connectivity index (χ1) is 15.1. The molecule has 4 rings (SSSR count). The van der Waals surface area contributed by atoms with Crippen LogP contribution in [0.25, 0.3) is 0 Å². The molecule has 1 saturated heterocycles.